The molecule has 2 rings (SSSR count). The Balaban J connectivity index is 2.22. The van der Waals surface area contributed by atoms with Crippen LogP contribution in [-0.4, -0.2) is 19.6 Å². The molecule has 0 spiro atoms. The van der Waals surface area contributed by atoms with Gasteiger partial charge in [-0.2, -0.15) is 0 Å². The van der Waals surface area contributed by atoms with Crippen molar-refractivity contribution >= 4 is 27.5 Å². The predicted octanol–water partition coefficient (Wildman–Crippen LogP) is 3.21. The van der Waals surface area contributed by atoms with E-state index < -0.39 is 0 Å². The van der Waals surface area contributed by atoms with Gasteiger partial charge < -0.3 is 15.8 Å². The van der Waals surface area contributed by atoms with Crippen molar-refractivity contribution in [2.75, 3.05) is 19.0 Å². The van der Waals surface area contributed by atoms with Gasteiger partial charge in [0.1, 0.15) is 5.75 Å². The van der Waals surface area contributed by atoms with Gasteiger partial charge in [-0.05, 0) is 52.7 Å². The Labute approximate surface area is 132 Å². The van der Waals surface area contributed by atoms with Crippen molar-refractivity contribution in [2.24, 2.45) is 5.73 Å². The minimum absolute atomic E-state index is 0.150. The maximum absolute atomic E-state index is 12.4. The zero-order chi connectivity index (χ0) is 15.2. The van der Waals surface area contributed by atoms with Gasteiger partial charge in [0.2, 0.25) is 0 Å². The molecule has 110 valence electrons. The zero-order valence-corrected chi connectivity index (χ0v) is 13.3. The first kappa shape index (κ1) is 15.5. The number of halogens is 1. The molecular weight excluding hydrogens is 332 g/mol. The maximum Gasteiger partial charge on any atom is 0.255 e. The van der Waals surface area contributed by atoms with E-state index >= 15 is 0 Å². The quantitative estimate of drug-likeness (QED) is 0.871. The topological polar surface area (TPSA) is 64.3 Å². The van der Waals surface area contributed by atoms with Crippen molar-refractivity contribution in [3.63, 3.8) is 0 Å². The molecule has 0 aliphatic carbocycles. The van der Waals surface area contributed by atoms with Crippen LogP contribution in [0, 0.1) is 0 Å². The maximum atomic E-state index is 12.4. The number of hydrogen-bond donors (Lipinski definition) is 2. The Kier molecular flexibility index (Phi) is 5.36. The number of carbonyl (C=O) groups is 1. The Morgan fingerprint density at radius 3 is 2.76 bits per heavy atom. The van der Waals surface area contributed by atoms with Crippen molar-refractivity contribution in [1.29, 1.82) is 0 Å². The van der Waals surface area contributed by atoms with Crippen molar-refractivity contribution < 1.29 is 9.53 Å². The molecule has 4 nitrogen and oxygen atoms in total. The number of amides is 1. The van der Waals surface area contributed by atoms with Crippen molar-refractivity contribution in [1.82, 2.24) is 0 Å². The van der Waals surface area contributed by atoms with Gasteiger partial charge in [-0.25, -0.2) is 0 Å². The fourth-order valence-electron chi connectivity index (χ4n) is 2.05. The summed E-state index contributed by atoms with van der Waals surface area (Å²) in [6.07, 6.45) is 0.674. The zero-order valence-electron chi connectivity index (χ0n) is 11.7. The van der Waals surface area contributed by atoms with Gasteiger partial charge >= 0.3 is 0 Å². The smallest absolute Gasteiger partial charge is 0.255 e. The van der Waals surface area contributed by atoms with E-state index in [1.807, 2.05) is 30.3 Å². The lowest BCUT2D eigenvalue weighted by molar-refractivity contribution is 0.102. The molecule has 0 saturated carbocycles. The van der Waals surface area contributed by atoms with Crippen LogP contribution in [0.2, 0.25) is 0 Å². The number of anilines is 1. The van der Waals surface area contributed by atoms with Gasteiger partial charge in [0, 0.05) is 17.3 Å². The normalized spacial score (nSPS) is 10.2. The van der Waals surface area contributed by atoms with E-state index in [9.17, 15) is 4.79 Å². The fraction of sp³-hybridized carbons (Fsp3) is 0.188. The highest BCUT2D eigenvalue weighted by Crippen LogP contribution is 2.28. The monoisotopic (exact) mass is 348 g/mol. The summed E-state index contributed by atoms with van der Waals surface area (Å²) in [6, 6.07) is 12.9. The van der Waals surface area contributed by atoms with Gasteiger partial charge in [-0.3, -0.25) is 4.79 Å². The third-order valence-electron chi connectivity index (χ3n) is 3.08. The number of ether oxygens (including phenoxy) is 1. The van der Waals surface area contributed by atoms with Gasteiger partial charge in [-0.15, -0.1) is 0 Å². The Morgan fingerprint density at radius 2 is 2.05 bits per heavy atom. The van der Waals surface area contributed by atoms with Gasteiger partial charge in [-0.1, -0.05) is 18.2 Å². The van der Waals surface area contributed by atoms with E-state index in [0.717, 1.165) is 10.0 Å². The lowest BCUT2D eigenvalue weighted by Crippen LogP contribution is -2.16. The highest BCUT2D eigenvalue weighted by molar-refractivity contribution is 9.10. The lowest BCUT2D eigenvalue weighted by Gasteiger charge is -2.11. The molecule has 0 saturated heterocycles. The highest BCUT2D eigenvalue weighted by Gasteiger charge is 2.11. The highest BCUT2D eigenvalue weighted by atomic mass is 79.9. The second-order valence-corrected chi connectivity index (χ2v) is 5.35. The molecule has 2 aromatic rings. The average molecular weight is 349 g/mol. The molecule has 0 aliphatic heterocycles. The van der Waals surface area contributed by atoms with E-state index in [0.29, 0.717) is 30.0 Å². The van der Waals surface area contributed by atoms with Crippen molar-refractivity contribution in [3.8, 4) is 5.75 Å². The number of rotatable bonds is 5. The van der Waals surface area contributed by atoms with Gasteiger partial charge in [0.05, 0.1) is 11.6 Å². The van der Waals surface area contributed by atoms with E-state index in [-0.39, 0.29) is 5.91 Å². The van der Waals surface area contributed by atoms with Crippen LogP contribution in [0.3, 0.4) is 0 Å². The molecule has 0 heterocycles. The second-order valence-electron chi connectivity index (χ2n) is 4.50. The van der Waals surface area contributed by atoms with Crippen molar-refractivity contribution in [2.45, 2.75) is 6.42 Å². The van der Waals surface area contributed by atoms with E-state index in [1.165, 1.54) is 0 Å². The summed E-state index contributed by atoms with van der Waals surface area (Å²) < 4.78 is 6.06. The first-order valence-corrected chi connectivity index (χ1v) is 7.38. The lowest BCUT2D eigenvalue weighted by atomic mass is 10.0. The van der Waals surface area contributed by atoms with Crippen LogP contribution < -0.4 is 15.8 Å². The number of benzene rings is 2. The molecule has 0 unspecified atom stereocenters. The van der Waals surface area contributed by atoms with Crippen molar-refractivity contribution in [3.05, 3.63) is 58.1 Å². The number of methoxy groups -OCH3 is 1. The average Bonchev–Trinajstić information content (AvgIpc) is 2.50. The summed E-state index contributed by atoms with van der Waals surface area (Å²) in [4.78, 5) is 12.4. The molecule has 5 heteroatoms. The molecule has 0 fully saturated rings. The molecular formula is C16H17BrN2O2. The first-order chi connectivity index (χ1) is 10.2. The standard InChI is InChI=1S/C16H17BrN2O2/c1-21-15-10-12(6-7-14(15)17)19-16(20)13-5-3-2-4-11(13)8-9-18/h2-7,10H,8-9,18H2,1H3,(H,19,20). The summed E-state index contributed by atoms with van der Waals surface area (Å²) >= 11 is 3.38. The summed E-state index contributed by atoms with van der Waals surface area (Å²) in [6.45, 7) is 0.510. The fourth-order valence-corrected chi connectivity index (χ4v) is 2.46. The molecule has 0 radical (unpaired) electrons. The van der Waals surface area contributed by atoms with Crippen LogP contribution in [0.5, 0.6) is 5.75 Å². The molecule has 2 aromatic carbocycles. The number of hydrogen-bond acceptors (Lipinski definition) is 3. The molecule has 21 heavy (non-hydrogen) atoms. The van der Waals surface area contributed by atoms with E-state index in [2.05, 4.69) is 21.2 Å². The summed E-state index contributed by atoms with van der Waals surface area (Å²) in [7, 11) is 1.59. The third-order valence-corrected chi connectivity index (χ3v) is 3.74. The summed E-state index contributed by atoms with van der Waals surface area (Å²) in [5.74, 6) is 0.520. The largest absolute Gasteiger partial charge is 0.495 e. The molecule has 3 N–H and O–H groups in total. The molecule has 0 atom stereocenters. The second kappa shape index (κ2) is 7.24. The van der Waals surface area contributed by atoms with Gasteiger partial charge in [0.15, 0.2) is 0 Å². The Morgan fingerprint density at radius 1 is 1.29 bits per heavy atom. The first-order valence-electron chi connectivity index (χ1n) is 6.58. The van der Waals surface area contributed by atoms with Crippen LogP contribution in [0.15, 0.2) is 46.9 Å². The Bertz CT molecular complexity index is 644. The van der Waals surface area contributed by atoms with Crippen LogP contribution in [0.4, 0.5) is 5.69 Å². The van der Waals surface area contributed by atoms with Crippen LogP contribution in [0.25, 0.3) is 0 Å². The number of carbonyl (C=O) groups excluding carboxylic acids is 1. The summed E-state index contributed by atoms with van der Waals surface area (Å²) in [5, 5.41) is 2.88. The number of nitrogens with one attached hydrogen (secondary N) is 1. The molecule has 0 bridgehead atoms. The number of nitrogens with two attached hydrogens (primary N) is 1. The molecule has 1 amide bonds. The van der Waals surface area contributed by atoms with Crippen LogP contribution in [0.1, 0.15) is 15.9 Å². The van der Waals surface area contributed by atoms with E-state index in [1.54, 1.807) is 19.2 Å². The SMILES string of the molecule is COc1cc(NC(=O)c2ccccc2CCN)ccc1Br. The molecule has 0 aromatic heterocycles. The van der Waals surface area contributed by atoms with E-state index in [4.69, 9.17) is 10.5 Å². The van der Waals surface area contributed by atoms with Gasteiger partial charge in [0.25, 0.3) is 5.91 Å². The van der Waals surface area contributed by atoms with Crippen LogP contribution in [-0.2, 0) is 6.42 Å². The Hall–Kier alpha value is -1.85. The summed E-state index contributed by atoms with van der Waals surface area (Å²) in [5.41, 5.74) is 7.86. The predicted molar refractivity (Wildman–Crippen MR) is 87.8 cm³/mol. The minimum Gasteiger partial charge on any atom is -0.495 e. The molecule has 0 aliphatic rings. The minimum atomic E-state index is -0.150. The van der Waals surface area contributed by atoms with Crippen LogP contribution >= 0.6 is 15.9 Å². The third kappa shape index (κ3) is 3.83.